The molecular weight excluding hydrogens is 649 g/mol. The highest BCUT2D eigenvalue weighted by Crippen LogP contribution is 2.35. The van der Waals surface area contributed by atoms with Crippen LogP contribution < -0.4 is 25.0 Å². The molecule has 0 fully saturated rings. The van der Waals surface area contributed by atoms with Gasteiger partial charge in [-0.2, -0.15) is 5.10 Å². The molecule has 0 aromatic heterocycles. The molecule has 0 aliphatic carbocycles. The van der Waals surface area contributed by atoms with E-state index in [9.17, 15) is 9.59 Å². The second kappa shape index (κ2) is 19.1. The third kappa shape index (κ3) is 11.9. The monoisotopic (exact) mass is 687 g/mol. The fraction of sp³-hybridized carbons (Fsp3) is 0.343. The number of amides is 2. The summed E-state index contributed by atoms with van der Waals surface area (Å²) in [6.45, 7) is 10.7. The number of benzene rings is 3. The van der Waals surface area contributed by atoms with Crippen molar-refractivity contribution in [3.8, 4) is 17.2 Å². The summed E-state index contributed by atoms with van der Waals surface area (Å²) in [5.74, 6) is 1.09. The second-order valence-corrected chi connectivity index (χ2v) is 12.1. The first kappa shape index (κ1) is 36.7. The lowest BCUT2D eigenvalue weighted by molar-refractivity contribution is -0.129. The van der Waals surface area contributed by atoms with Gasteiger partial charge in [0, 0.05) is 27.6 Å². The fourth-order valence-corrected chi connectivity index (χ4v) is 5.14. The first-order chi connectivity index (χ1) is 22.1. The van der Waals surface area contributed by atoms with Crippen LogP contribution in [0.25, 0.3) is 0 Å². The van der Waals surface area contributed by atoms with Crippen LogP contribution in [0.2, 0.25) is 15.1 Å². The molecule has 11 heteroatoms. The van der Waals surface area contributed by atoms with E-state index < -0.39 is 11.9 Å². The lowest BCUT2D eigenvalue weighted by atomic mass is 10.0. The normalized spacial score (nSPS) is 11.7. The first-order valence-electron chi connectivity index (χ1n) is 15.1. The number of carbonyl (C=O) groups excluding carboxylic acids is 2. The number of hydrogen-bond donors (Lipinski definition) is 2. The van der Waals surface area contributed by atoms with Gasteiger partial charge in [0.15, 0.2) is 11.5 Å². The van der Waals surface area contributed by atoms with Crippen LogP contribution >= 0.6 is 34.8 Å². The summed E-state index contributed by atoms with van der Waals surface area (Å²) in [4.78, 5) is 25.7. The minimum atomic E-state index is -0.757. The predicted molar refractivity (Wildman–Crippen MR) is 186 cm³/mol. The quantitative estimate of drug-likeness (QED) is 0.0608. The summed E-state index contributed by atoms with van der Waals surface area (Å²) < 4.78 is 17.7. The highest BCUT2D eigenvalue weighted by Gasteiger charge is 2.22. The standard InChI is InChI=1S/C35H40Cl3N3O5/c1-5-10-25-18-24(19-32(44-6-2)34(25)46-22-26-11-7-8-12-28(26)37)21-39-41-35(43)30(17-23(3)4)40-33(42)13-9-16-45-31-15-14-27(36)20-29(31)38/h5,7-8,11-12,14-15,18-21,23,30H,1,6,9-10,13,16-17,22H2,2-4H3,(H,40,42)(H,41,43)/b39-21-/t30-/m0/s1. The van der Waals surface area contributed by atoms with Crippen LogP contribution in [0.5, 0.6) is 17.2 Å². The molecule has 1 atom stereocenters. The van der Waals surface area contributed by atoms with Crippen LogP contribution in [-0.4, -0.2) is 37.3 Å². The lowest BCUT2D eigenvalue weighted by Crippen LogP contribution is -2.46. The van der Waals surface area contributed by atoms with Gasteiger partial charge in [0.05, 0.1) is 24.5 Å². The summed E-state index contributed by atoms with van der Waals surface area (Å²) in [7, 11) is 0. The van der Waals surface area contributed by atoms with E-state index in [1.807, 2.05) is 51.1 Å². The third-order valence-corrected chi connectivity index (χ3v) is 7.49. The summed E-state index contributed by atoms with van der Waals surface area (Å²) in [6, 6.07) is 15.4. The van der Waals surface area contributed by atoms with Crippen molar-refractivity contribution in [3.63, 3.8) is 0 Å². The van der Waals surface area contributed by atoms with E-state index in [0.717, 1.165) is 11.1 Å². The van der Waals surface area contributed by atoms with Gasteiger partial charge in [-0.25, -0.2) is 5.43 Å². The zero-order chi connectivity index (χ0) is 33.5. The molecule has 2 N–H and O–H groups in total. The number of nitrogens with one attached hydrogen (secondary N) is 2. The van der Waals surface area contributed by atoms with Gasteiger partial charge >= 0.3 is 0 Å². The molecular formula is C35H40Cl3N3O5. The van der Waals surface area contributed by atoms with Gasteiger partial charge in [-0.1, -0.05) is 72.9 Å². The van der Waals surface area contributed by atoms with Gasteiger partial charge in [-0.3, -0.25) is 9.59 Å². The average molecular weight is 689 g/mol. The summed E-state index contributed by atoms with van der Waals surface area (Å²) in [6.07, 6.45) is 4.87. The van der Waals surface area contributed by atoms with E-state index in [1.54, 1.807) is 30.3 Å². The molecule has 3 aromatic rings. The number of nitrogens with zero attached hydrogens (tertiary/aromatic N) is 1. The number of hydrazone groups is 1. The van der Waals surface area contributed by atoms with Crippen molar-refractivity contribution in [2.75, 3.05) is 13.2 Å². The van der Waals surface area contributed by atoms with Gasteiger partial charge < -0.3 is 19.5 Å². The molecule has 0 unspecified atom stereocenters. The lowest BCUT2D eigenvalue weighted by Gasteiger charge is -2.19. The van der Waals surface area contributed by atoms with Crippen molar-refractivity contribution in [3.05, 3.63) is 99.0 Å². The molecule has 0 saturated carbocycles. The van der Waals surface area contributed by atoms with Crippen LogP contribution in [0.15, 0.2) is 72.4 Å². The average Bonchev–Trinajstić information content (AvgIpc) is 3.00. The van der Waals surface area contributed by atoms with Gasteiger partial charge in [0.25, 0.3) is 5.91 Å². The largest absolute Gasteiger partial charge is 0.492 e. The first-order valence-corrected chi connectivity index (χ1v) is 16.2. The van der Waals surface area contributed by atoms with Crippen LogP contribution in [0.4, 0.5) is 0 Å². The van der Waals surface area contributed by atoms with E-state index >= 15 is 0 Å². The number of hydrogen-bond acceptors (Lipinski definition) is 6. The molecule has 3 rings (SSSR count). The molecule has 0 radical (unpaired) electrons. The van der Waals surface area contributed by atoms with Crippen molar-refractivity contribution in [2.24, 2.45) is 11.0 Å². The Balaban J connectivity index is 1.63. The van der Waals surface area contributed by atoms with Crippen LogP contribution in [0.1, 0.15) is 56.7 Å². The van der Waals surface area contributed by atoms with E-state index in [1.165, 1.54) is 6.21 Å². The SMILES string of the molecule is C=CCc1cc(/C=N\NC(=O)[C@H](CC(C)C)NC(=O)CCCOc2ccc(Cl)cc2Cl)cc(OCC)c1OCc1ccccc1Cl. The van der Waals surface area contributed by atoms with Gasteiger partial charge in [-0.05, 0) is 74.1 Å². The van der Waals surface area contributed by atoms with Crippen molar-refractivity contribution >= 4 is 52.8 Å². The summed E-state index contributed by atoms with van der Waals surface area (Å²) in [5, 5.41) is 8.53. The van der Waals surface area contributed by atoms with Crippen molar-refractivity contribution < 1.29 is 23.8 Å². The topological polar surface area (TPSA) is 98.3 Å². The van der Waals surface area contributed by atoms with Gasteiger partial charge in [0.1, 0.15) is 18.4 Å². The maximum absolute atomic E-state index is 13.1. The van der Waals surface area contributed by atoms with E-state index in [-0.39, 0.29) is 31.5 Å². The molecule has 0 saturated heterocycles. The molecule has 0 aliphatic rings. The maximum Gasteiger partial charge on any atom is 0.262 e. The Hall–Kier alpha value is -3.72. The van der Waals surface area contributed by atoms with Crippen molar-refractivity contribution in [1.82, 2.24) is 10.7 Å². The highest BCUT2D eigenvalue weighted by molar-refractivity contribution is 6.35. The highest BCUT2D eigenvalue weighted by atomic mass is 35.5. The van der Waals surface area contributed by atoms with Crippen molar-refractivity contribution in [2.45, 2.75) is 59.1 Å². The molecule has 46 heavy (non-hydrogen) atoms. The molecule has 0 heterocycles. The van der Waals surface area contributed by atoms with Crippen LogP contribution in [-0.2, 0) is 22.6 Å². The van der Waals surface area contributed by atoms with Gasteiger partial charge in [-0.15, -0.1) is 6.58 Å². The Kier molecular flexibility index (Phi) is 15.2. The molecule has 246 valence electrons. The fourth-order valence-electron chi connectivity index (χ4n) is 4.48. The second-order valence-electron chi connectivity index (χ2n) is 10.8. The zero-order valence-electron chi connectivity index (χ0n) is 26.3. The molecule has 0 aliphatic heterocycles. The number of allylic oxidation sites excluding steroid dienone is 1. The smallest absolute Gasteiger partial charge is 0.262 e. The molecule has 8 nitrogen and oxygen atoms in total. The molecule has 3 aromatic carbocycles. The van der Waals surface area contributed by atoms with E-state index in [4.69, 9.17) is 49.0 Å². The third-order valence-electron chi connectivity index (χ3n) is 6.59. The number of ether oxygens (including phenoxy) is 3. The van der Waals surface area contributed by atoms with Crippen LogP contribution in [0.3, 0.4) is 0 Å². The maximum atomic E-state index is 13.1. The summed E-state index contributed by atoms with van der Waals surface area (Å²) >= 11 is 18.4. The Bertz CT molecular complexity index is 1510. The summed E-state index contributed by atoms with van der Waals surface area (Å²) in [5.41, 5.74) is 4.95. The number of halogens is 3. The van der Waals surface area contributed by atoms with Crippen LogP contribution in [0, 0.1) is 5.92 Å². The predicted octanol–water partition coefficient (Wildman–Crippen LogP) is 8.19. The van der Waals surface area contributed by atoms with Crippen molar-refractivity contribution in [1.29, 1.82) is 0 Å². The Labute approximate surface area is 286 Å². The molecule has 0 spiro atoms. The number of carbonyl (C=O) groups is 2. The number of rotatable bonds is 18. The van der Waals surface area contributed by atoms with E-state index in [2.05, 4.69) is 22.4 Å². The minimum Gasteiger partial charge on any atom is -0.492 e. The minimum absolute atomic E-state index is 0.156. The Morgan fingerprint density at radius 2 is 1.74 bits per heavy atom. The Morgan fingerprint density at radius 1 is 0.957 bits per heavy atom. The Morgan fingerprint density at radius 3 is 2.43 bits per heavy atom. The van der Waals surface area contributed by atoms with Gasteiger partial charge in [0.2, 0.25) is 5.91 Å². The van der Waals surface area contributed by atoms with E-state index in [0.29, 0.717) is 63.7 Å². The zero-order valence-corrected chi connectivity index (χ0v) is 28.6. The molecule has 2 amide bonds. The molecule has 0 bridgehead atoms.